The minimum absolute atomic E-state index is 0.0202. The minimum Gasteiger partial charge on any atom is -0.280 e. The molecule has 6 heteroatoms. The summed E-state index contributed by atoms with van der Waals surface area (Å²) in [4.78, 5) is 0.0202. The van der Waals surface area contributed by atoms with E-state index in [1.54, 1.807) is 30.3 Å². The van der Waals surface area contributed by atoms with Crippen LogP contribution in [0, 0.1) is 0 Å². The van der Waals surface area contributed by atoms with E-state index < -0.39 is 10.0 Å². The van der Waals surface area contributed by atoms with E-state index >= 15 is 0 Å². The number of hydrogen-bond acceptors (Lipinski definition) is 2. The SMILES string of the molecule is C=C(C)c1ccc(NS(=O)(=O)c2ccccc2Cl)cc1Cl. The lowest BCUT2D eigenvalue weighted by Crippen LogP contribution is -2.13. The number of allylic oxidation sites excluding steroid dienone is 1. The largest absolute Gasteiger partial charge is 0.280 e. The standard InChI is InChI=1S/C15H13Cl2NO2S/c1-10(2)12-8-7-11(9-14(12)17)18-21(19,20)15-6-4-3-5-13(15)16/h3-9,18H,1H2,2H3. The molecule has 0 aliphatic carbocycles. The van der Waals surface area contributed by atoms with E-state index in [1.165, 1.54) is 12.1 Å². The Kier molecular flexibility index (Phi) is 4.61. The smallest absolute Gasteiger partial charge is 0.263 e. The second-order valence-corrected chi connectivity index (χ2v) is 6.98. The fourth-order valence-corrected chi connectivity index (χ4v) is 3.71. The summed E-state index contributed by atoms with van der Waals surface area (Å²) in [5, 5.41) is 0.594. The van der Waals surface area contributed by atoms with Crippen LogP contribution in [-0.2, 0) is 10.0 Å². The van der Waals surface area contributed by atoms with E-state index in [0.717, 1.165) is 11.1 Å². The molecule has 2 aromatic rings. The first kappa shape index (κ1) is 15.9. The van der Waals surface area contributed by atoms with Gasteiger partial charge >= 0.3 is 0 Å². The van der Waals surface area contributed by atoms with Crippen molar-refractivity contribution >= 4 is 44.5 Å². The molecule has 0 saturated carbocycles. The molecule has 0 heterocycles. The average molecular weight is 342 g/mol. The molecular weight excluding hydrogens is 329 g/mol. The Bertz CT molecular complexity index is 801. The van der Waals surface area contributed by atoms with Crippen molar-refractivity contribution in [3.8, 4) is 0 Å². The van der Waals surface area contributed by atoms with Crippen LogP contribution in [0.15, 0.2) is 53.9 Å². The Hall–Kier alpha value is -1.49. The van der Waals surface area contributed by atoms with E-state index in [2.05, 4.69) is 11.3 Å². The third kappa shape index (κ3) is 3.59. The Morgan fingerprint density at radius 3 is 2.33 bits per heavy atom. The number of hydrogen-bond donors (Lipinski definition) is 1. The number of rotatable bonds is 4. The van der Waals surface area contributed by atoms with Crippen LogP contribution < -0.4 is 4.72 Å². The lowest BCUT2D eigenvalue weighted by atomic mass is 10.1. The quantitative estimate of drug-likeness (QED) is 0.865. The van der Waals surface area contributed by atoms with E-state index in [9.17, 15) is 8.42 Å². The highest BCUT2D eigenvalue weighted by molar-refractivity contribution is 7.92. The molecule has 0 bridgehead atoms. The van der Waals surface area contributed by atoms with Crippen molar-refractivity contribution in [2.24, 2.45) is 0 Å². The maximum Gasteiger partial charge on any atom is 0.263 e. The molecule has 0 fully saturated rings. The van der Waals surface area contributed by atoms with Gasteiger partial charge in [0.05, 0.1) is 15.7 Å². The van der Waals surface area contributed by atoms with Crippen LogP contribution in [0.5, 0.6) is 0 Å². The van der Waals surface area contributed by atoms with Crippen molar-refractivity contribution in [2.45, 2.75) is 11.8 Å². The van der Waals surface area contributed by atoms with E-state index in [0.29, 0.717) is 10.7 Å². The monoisotopic (exact) mass is 341 g/mol. The van der Waals surface area contributed by atoms with Crippen LogP contribution in [0.1, 0.15) is 12.5 Å². The zero-order chi connectivity index (χ0) is 15.6. The third-order valence-corrected chi connectivity index (χ3v) is 5.00. The van der Waals surface area contributed by atoms with Crippen molar-refractivity contribution < 1.29 is 8.42 Å². The van der Waals surface area contributed by atoms with Gasteiger partial charge in [0.25, 0.3) is 10.0 Å². The summed E-state index contributed by atoms with van der Waals surface area (Å²) in [6, 6.07) is 11.1. The van der Waals surface area contributed by atoms with Gasteiger partial charge in [-0.1, -0.05) is 48.0 Å². The van der Waals surface area contributed by atoms with Crippen molar-refractivity contribution in [3.63, 3.8) is 0 Å². The summed E-state index contributed by atoms with van der Waals surface area (Å²) < 4.78 is 27.0. The average Bonchev–Trinajstić information content (AvgIpc) is 2.38. The molecule has 21 heavy (non-hydrogen) atoms. The van der Waals surface area contributed by atoms with Gasteiger partial charge in [-0.2, -0.15) is 0 Å². The van der Waals surface area contributed by atoms with Crippen LogP contribution in [0.4, 0.5) is 5.69 Å². The molecule has 110 valence electrons. The molecule has 0 aliphatic rings. The number of sulfonamides is 1. The number of halogens is 2. The van der Waals surface area contributed by atoms with Gasteiger partial charge in [-0.3, -0.25) is 4.72 Å². The summed E-state index contributed by atoms with van der Waals surface area (Å²) in [5.41, 5.74) is 1.95. The predicted molar refractivity (Wildman–Crippen MR) is 88.4 cm³/mol. The number of anilines is 1. The molecule has 0 radical (unpaired) electrons. The molecule has 2 aromatic carbocycles. The lowest BCUT2D eigenvalue weighted by Gasteiger charge is -2.11. The molecule has 0 atom stereocenters. The van der Waals surface area contributed by atoms with Crippen molar-refractivity contribution in [1.29, 1.82) is 0 Å². The molecule has 1 N–H and O–H groups in total. The summed E-state index contributed by atoms with van der Waals surface area (Å²) in [7, 11) is -3.76. The molecule has 0 aromatic heterocycles. The highest BCUT2D eigenvalue weighted by atomic mass is 35.5. The van der Waals surface area contributed by atoms with Gasteiger partial charge in [-0.05, 0) is 42.3 Å². The first-order chi connectivity index (χ1) is 9.81. The molecule has 0 spiro atoms. The third-order valence-electron chi connectivity index (χ3n) is 2.81. The topological polar surface area (TPSA) is 46.2 Å². The van der Waals surface area contributed by atoms with Gasteiger partial charge in [-0.15, -0.1) is 0 Å². The Morgan fingerprint density at radius 1 is 1.10 bits per heavy atom. The van der Waals surface area contributed by atoms with Gasteiger partial charge in [-0.25, -0.2) is 8.42 Å². The van der Waals surface area contributed by atoms with Crippen LogP contribution >= 0.6 is 23.2 Å². The zero-order valence-corrected chi connectivity index (χ0v) is 13.6. The summed E-state index contributed by atoms with van der Waals surface area (Å²) in [5.74, 6) is 0. The van der Waals surface area contributed by atoms with Gasteiger partial charge < -0.3 is 0 Å². The summed E-state index contributed by atoms with van der Waals surface area (Å²) >= 11 is 12.0. The van der Waals surface area contributed by atoms with E-state index in [1.807, 2.05) is 6.92 Å². The lowest BCUT2D eigenvalue weighted by molar-refractivity contribution is 0.601. The van der Waals surface area contributed by atoms with Gasteiger partial charge in [0, 0.05) is 0 Å². The first-order valence-corrected chi connectivity index (χ1v) is 8.28. The maximum atomic E-state index is 12.3. The van der Waals surface area contributed by atoms with Gasteiger partial charge in [0.15, 0.2) is 0 Å². The fourth-order valence-electron chi connectivity index (χ4n) is 1.80. The molecule has 0 amide bonds. The first-order valence-electron chi connectivity index (χ1n) is 6.04. The van der Waals surface area contributed by atoms with Crippen molar-refractivity contribution in [2.75, 3.05) is 4.72 Å². The van der Waals surface area contributed by atoms with Gasteiger partial charge in [0.2, 0.25) is 0 Å². The minimum atomic E-state index is -3.76. The van der Waals surface area contributed by atoms with Crippen LogP contribution in [0.25, 0.3) is 5.57 Å². The number of nitrogens with one attached hydrogen (secondary N) is 1. The maximum absolute atomic E-state index is 12.3. The Balaban J connectivity index is 2.36. The van der Waals surface area contributed by atoms with E-state index in [-0.39, 0.29) is 9.92 Å². The normalized spacial score (nSPS) is 11.2. The van der Waals surface area contributed by atoms with Crippen molar-refractivity contribution in [1.82, 2.24) is 0 Å². The fraction of sp³-hybridized carbons (Fsp3) is 0.0667. The van der Waals surface area contributed by atoms with Crippen LogP contribution in [0.2, 0.25) is 10.0 Å². The molecule has 0 aliphatic heterocycles. The molecule has 2 rings (SSSR count). The predicted octanol–water partition coefficient (Wildman–Crippen LogP) is 4.83. The highest BCUT2D eigenvalue weighted by Crippen LogP contribution is 2.28. The van der Waals surface area contributed by atoms with E-state index in [4.69, 9.17) is 23.2 Å². The van der Waals surface area contributed by atoms with Gasteiger partial charge in [0.1, 0.15) is 4.90 Å². The second-order valence-electron chi connectivity index (χ2n) is 4.51. The Labute approximate surface area is 134 Å². The second kappa shape index (κ2) is 6.10. The Morgan fingerprint density at radius 2 is 1.76 bits per heavy atom. The molecule has 0 saturated heterocycles. The molecule has 0 unspecified atom stereocenters. The zero-order valence-electron chi connectivity index (χ0n) is 11.2. The summed E-state index contributed by atoms with van der Waals surface area (Å²) in [6.45, 7) is 5.64. The number of benzene rings is 2. The highest BCUT2D eigenvalue weighted by Gasteiger charge is 2.17. The van der Waals surface area contributed by atoms with Crippen LogP contribution in [0.3, 0.4) is 0 Å². The van der Waals surface area contributed by atoms with Crippen molar-refractivity contribution in [3.05, 3.63) is 64.7 Å². The molecular formula is C15H13Cl2NO2S. The van der Waals surface area contributed by atoms with Crippen LogP contribution in [-0.4, -0.2) is 8.42 Å². The summed E-state index contributed by atoms with van der Waals surface area (Å²) in [6.07, 6.45) is 0. The molecule has 3 nitrogen and oxygen atoms in total.